The molecule has 0 atom stereocenters. The smallest absolute Gasteiger partial charge is 0.113 e. The minimum absolute atomic E-state index is 0.326. The molecule has 2 heteroatoms. The molecule has 24 heavy (non-hydrogen) atoms. The highest BCUT2D eigenvalue weighted by Gasteiger charge is 2.36. The van der Waals surface area contributed by atoms with Gasteiger partial charge in [0.15, 0.2) is 0 Å². The first kappa shape index (κ1) is 20.6. The molecule has 2 saturated carbocycles. The second-order valence-corrected chi connectivity index (χ2v) is 10.4. The van der Waals surface area contributed by atoms with Gasteiger partial charge in [0.05, 0.1) is 0 Å². The van der Waals surface area contributed by atoms with Crippen molar-refractivity contribution < 1.29 is 0 Å². The Bertz CT molecular complexity index is 423. The van der Waals surface area contributed by atoms with Crippen molar-refractivity contribution in [3.8, 4) is 0 Å². The maximum Gasteiger partial charge on any atom is 0.214 e. The van der Waals surface area contributed by atoms with Gasteiger partial charge in [-0.15, -0.1) is 5.98 Å². The average molecular weight is 440 g/mol. The van der Waals surface area contributed by atoms with Crippen LogP contribution >= 0.6 is 22.6 Å². The van der Waals surface area contributed by atoms with Gasteiger partial charge in [0.2, 0.25) is 6.71 Å². The number of halogens is 1. The summed E-state index contributed by atoms with van der Waals surface area (Å²) < 4.78 is 1.60. The number of allylic oxidation sites excluding steroid dienone is 2. The van der Waals surface area contributed by atoms with Crippen molar-refractivity contribution in [2.75, 3.05) is 0 Å². The largest absolute Gasteiger partial charge is 0.214 e. The molecule has 0 saturated heterocycles. The molecule has 0 aromatic heterocycles. The van der Waals surface area contributed by atoms with E-state index in [4.69, 9.17) is 0 Å². The molecule has 2 rings (SSSR count). The lowest BCUT2D eigenvalue weighted by Gasteiger charge is -2.35. The predicted molar refractivity (Wildman–Crippen MR) is 119 cm³/mol. The molecule has 2 fully saturated rings. The predicted octanol–water partition coefficient (Wildman–Crippen LogP) is 8.03. The molecule has 2 aliphatic carbocycles. The first-order valence-corrected chi connectivity index (χ1v) is 11.5. The van der Waals surface area contributed by atoms with Gasteiger partial charge in [-0.2, -0.15) is 0 Å². The minimum atomic E-state index is 0.326. The van der Waals surface area contributed by atoms with Gasteiger partial charge < -0.3 is 0 Å². The first-order valence-electron chi connectivity index (χ1n) is 10.5. The van der Waals surface area contributed by atoms with E-state index in [1.165, 1.54) is 64.2 Å². The summed E-state index contributed by atoms with van der Waals surface area (Å²) >= 11 is 2.67. The van der Waals surface area contributed by atoms with E-state index in [0.29, 0.717) is 17.9 Å². The lowest BCUT2D eigenvalue weighted by Crippen LogP contribution is -2.32. The molecule has 0 nitrogen and oxygen atoms in total. The summed E-state index contributed by atoms with van der Waals surface area (Å²) in [5, 5.41) is 0.326. The zero-order chi connectivity index (χ0) is 17.6. The third-order valence-electron chi connectivity index (χ3n) is 6.86. The van der Waals surface area contributed by atoms with Crippen molar-refractivity contribution >= 4 is 29.3 Å². The monoisotopic (exact) mass is 440 g/mol. The van der Waals surface area contributed by atoms with Crippen LogP contribution in [0.1, 0.15) is 91.9 Å². The quantitative estimate of drug-likeness (QED) is 0.290. The molecule has 0 heterocycles. The Morgan fingerprint density at radius 2 is 1.42 bits per heavy atom. The van der Waals surface area contributed by atoms with Crippen molar-refractivity contribution in [2.45, 2.75) is 97.2 Å². The van der Waals surface area contributed by atoms with Crippen LogP contribution < -0.4 is 0 Å². The lowest BCUT2D eigenvalue weighted by atomic mass is 9.31. The van der Waals surface area contributed by atoms with Gasteiger partial charge in [-0.3, -0.25) is 0 Å². The van der Waals surface area contributed by atoms with Crippen LogP contribution in [-0.2, 0) is 0 Å². The zero-order valence-corrected chi connectivity index (χ0v) is 18.6. The number of rotatable bonds is 6. The zero-order valence-electron chi connectivity index (χ0n) is 16.5. The van der Waals surface area contributed by atoms with Gasteiger partial charge in [-0.1, -0.05) is 101 Å². The SMILES string of the molecule is CC(C)C(C)(C)B(/C=C/C1CCCCC1)/C(I)=C/C1CCCCC1. The standard InChI is InChI=1S/C22H38BI/c1-18(2)22(3,4)23(16-15-19-11-7-5-8-12-19)21(24)17-20-13-9-6-10-14-20/h15-20H,5-14H2,1-4H3/b16-15+,21-17-. The molecule has 0 N–H and O–H groups in total. The second-order valence-electron chi connectivity index (χ2n) is 9.19. The summed E-state index contributed by atoms with van der Waals surface area (Å²) in [5.41, 5.74) is 0. The lowest BCUT2D eigenvalue weighted by molar-refractivity contribution is 0.418. The fourth-order valence-electron chi connectivity index (χ4n) is 4.28. The Morgan fingerprint density at radius 1 is 0.917 bits per heavy atom. The first-order chi connectivity index (χ1) is 11.4. The van der Waals surface area contributed by atoms with Crippen LogP contribution in [-0.4, -0.2) is 6.71 Å². The number of hydrogen-bond donors (Lipinski definition) is 0. The molecule has 136 valence electrons. The molecule has 0 aromatic carbocycles. The van der Waals surface area contributed by atoms with Gasteiger partial charge in [0, 0.05) is 0 Å². The molecular formula is C22H38BI. The van der Waals surface area contributed by atoms with Crippen LogP contribution in [0.25, 0.3) is 0 Å². The van der Waals surface area contributed by atoms with Crippen LogP contribution in [0.5, 0.6) is 0 Å². The topological polar surface area (TPSA) is 0 Å². The van der Waals surface area contributed by atoms with Gasteiger partial charge in [0.1, 0.15) is 0 Å². The van der Waals surface area contributed by atoms with E-state index in [1.54, 1.807) is 3.48 Å². The maximum atomic E-state index is 2.67. The van der Waals surface area contributed by atoms with E-state index in [2.05, 4.69) is 68.4 Å². The summed E-state index contributed by atoms with van der Waals surface area (Å²) in [6, 6.07) is 0. The Labute approximate surface area is 165 Å². The molecular weight excluding hydrogens is 402 g/mol. The molecule has 0 bridgehead atoms. The highest BCUT2D eigenvalue weighted by Crippen LogP contribution is 2.43. The molecule has 2 aliphatic rings. The highest BCUT2D eigenvalue weighted by molar-refractivity contribution is 14.1. The fraction of sp³-hybridized carbons (Fsp3) is 0.818. The van der Waals surface area contributed by atoms with Crippen molar-refractivity contribution in [3.63, 3.8) is 0 Å². The third kappa shape index (κ3) is 5.92. The summed E-state index contributed by atoms with van der Waals surface area (Å²) in [4.78, 5) is 0. The average Bonchev–Trinajstić information content (AvgIpc) is 2.56. The van der Waals surface area contributed by atoms with E-state index in [0.717, 1.165) is 11.8 Å². The molecule has 0 radical (unpaired) electrons. The van der Waals surface area contributed by atoms with E-state index in [1.807, 2.05) is 0 Å². The van der Waals surface area contributed by atoms with Gasteiger partial charge in [-0.05, 0) is 52.2 Å². The van der Waals surface area contributed by atoms with Crippen LogP contribution in [0.2, 0.25) is 5.31 Å². The van der Waals surface area contributed by atoms with E-state index in [-0.39, 0.29) is 0 Å². The molecule has 0 unspecified atom stereocenters. The van der Waals surface area contributed by atoms with E-state index >= 15 is 0 Å². The van der Waals surface area contributed by atoms with Crippen molar-refractivity contribution in [2.24, 2.45) is 17.8 Å². The van der Waals surface area contributed by atoms with Crippen LogP contribution in [0, 0.1) is 17.8 Å². The normalized spacial score (nSPS) is 22.5. The maximum absolute atomic E-state index is 2.67. The van der Waals surface area contributed by atoms with Crippen molar-refractivity contribution in [1.29, 1.82) is 0 Å². The summed E-state index contributed by atoms with van der Waals surface area (Å²) in [6.45, 7) is 10.3. The Kier molecular flexibility index (Phi) is 8.43. The highest BCUT2D eigenvalue weighted by atomic mass is 127. The van der Waals surface area contributed by atoms with Gasteiger partial charge in [0.25, 0.3) is 0 Å². The van der Waals surface area contributed by atoms with Crippen LogP contribution in [0.3, 0.4) is 0 Å². The molecule has 0 aliphatic heterocycles. The van der Waals surface area contributed by atoms with Crippen LogP contribution in [0.4, 0.5) is 0 Å². The third-order valence-corrected chi connectivity index (χ3v) is 7.89. The molecule has 0 spiro atoms. The second kappa shape index (κ2) is 9.83. The fourth-order valence-corrected chi connectivity index (χ4v) is 5.80. The van der Waals surface area contributed by atoms with Gasteiger partial charge in [-0.25, -0.2) is 0 Å². The van der Waals surface area contributed by atoms with E-state index in [9.17, 15) is 0 Å². The van der Waals surface area contributed by atoms with Crippen LogP contribution in [0.15, 0.2) is 21.6 Å². The van der Waals surface area contributed by atoms with E-state index < -0.39 is 0 Å². The molecule has 0 aromatic rings. The van der Waals surface area contributed by atoms with Crippen molar-refractivity contribution in [3.05, 3.63) is 21.6 Å². The Hall–Kier alpha value is 0.275. The van der Waals surface area contributed by atoms with Crippen molar-refractivity contribution in [1.82, 2.24) is 0 Å². The Balaban J connectivity index is 2.14. The summed E-state index contributed by atoms with van der Waals surface area (Å²) in [6.07, 6.45) is 19.5. The number of hydrogen-bond acceptors (Lipinski definition) is 0. The minimum Gasteiger partial charge on any atom is -0.113 e. The van der Waals surface area contributed by atoms with Gasteiger partial charge >= 0.3 is 0 Å². The Morgan fingerprint density at radius 3 is 1.92 bits per heavy atom. The summed E-state index contributed by atoms with van der Waals surface area (Å²) in [7, 11) is 0. The molecule has 0 amide bonds. The summed E-state index contributed by atoms with van der Waals surface area (Å²) in [5.74, 6) is 4.96.